The standard InChI is InChI=1S/C15H23ClN2OS/c1-19-10-12(3-2-7-17)18-14-6-8-20-15-5-4-11(16)9-13(14)15/h4-5,9,12,14,18H,2-3,6-8,10,17H2,1H3. The van der Waals surface area contributed by atoms with Gasteiger partial charge in [0.15, 0.2) is 0 Å². The molecule has 2 unspecified atom stereocenters. The Bertz CT molecular complexity index is 430. The molecular formula is C15H23ClN2OS. The summed E-state index contributed by atoms with van der Waals surface area (Å²) in [4.78, 5) is 1.34. The van der Waals surface area contributed by atoms with E-state index >= 15 is 0 Å². The van der Waals surface area contributed by atoms with Gasteiger partial charge in [0, 0.05) is 29.1 Å². The minimum absolute atomic E-state index is 0.350. The third-order valence-corrected chi connectivity index (χ3v) is 4.93. The van der Waals surface area contributed by atoms with Crippen molar-refractivity contribution >= 4 is 23.4 Å². The van der Waals surface area contributed by atoms with Gasteiger partial charge in [-0.05, 0) is 55.3 Å². The molecule has 0 bridgehead atoms. The summed E-state index contributed by atoms with van der Waals surface area (Å²) in [5.41, 5.74) is 6.94. The molecule has 0 saturated carbocycles. The predicted molar refractivity (Wildman–Crippen MR) is 86.6 cm³/mol. The molecule has 3 nitrogen and oxygen atoms in total. The minimum Gasteiger partial charge on any atom is -0.383 e. The molecule has 0 amide bonds. The summed E-state index contributed by atoms with van der Waals surface area (Å²) in [6.45, 7) is 1.45. The third kappa shape index (κ3) is 4.37. The van der Waals surface area contributed by atoms with Crippen molar-refractivity contribution in [2.75, 3.05) is 26.0 Å². The number of rotatable bonds is 7. The SMILES string of the molecule is COCC(CCCN)NC1CCSc2ccc(Cl)cc21. The number of nitrogens with two attached hydrogens (primary N) is 1. The van der Waals surface area contributed by atoms with Gasteiger partial charge in [0.2, 0.25) is 0 Å². The van der Waals surface area contributed by atoms with E-state index in [1.807, 2.05) is 17.8 Å². The molecule has 1 heterocycles. The maximum atomic E-state index is 6.15. The molecule has 2 atom stereocenters. The van der Waals surface area contributed by atoms with Crippen LogP contribution in [0.15, 0.2) is 23.1 Å². The van der Waals surface area contributed by atoms with Gasteiger partial charge in [-0.2, -0.15) is 0 Å². The molecule has 20 heavy (non-hydrogen) atoms. The minimum atomic E-state index is 0.350. The normalized spacial score (nSPS) is 19.6. The highest BCUT2D eigenvalue weighted by Gasteiger charge is 2.23. The molecule has 1 aromatic carbocycles. The molecule has 0 fully saturated rings. The second-order valence-corrected chi connectivity index (χ2v) is 6.69. The summed E-state index contributed by atoms with van der Waals surface area (Å²) in [5.74, 6) is 1.14. The second kappa shape index (κ2) is 8.25. The summed E-state index contributed by atoms with van der Waals surface area (Å²) >= 11 is 8.05. The lowest BCUT2D eigenvalue weighted by atomic mass is 10.0. The van der Waals surface area contributed by atoms with Crippen molar-refractivity contribution in [3.8, 4) is 0 Å². The maximum Gasteiger partial charge on any atom is 0.0616 e. The molecule has 0 aromatic heterocycles. The van der Waals surface area contributed by atoms with Gasteiger partial charge >= 0.3 is 0 Å². The highest BCUT2D eigenvalue weighted by molar-refractivity contribution is 7.99. The molecule has 112 valence electrons. The molecule has 1 aromatic rings. The number of hydrogen-bond donors (Lipinski definition) is 2. The Morgan fingerprint density at radius 2 is 2.40 bits per heavy atom. The van der Waals surface area contributed by atoms with Crippen LogP contribution < -0.4 is 11.1 Å². The fourth-order valence-corrected chi connectivity index (χ4v) is 3.89. The number of nitrogens with one attached hydrogen (secondary N) is 1. The van der Waals surface area contributed by atoms with Gasteiger partial charge in [-0.25, -0.2) is 0 Å². The number of thioether (sulfide) groups is 1. The van der Waals surface area contributed by atoms with Crippen LogP contribution >= 0.6 is 23.4 Å². The van der Waals surface area contributed by atoms with Crippen molar-refractivity contribution in [1.29, 1.82) is 0 Å². The van der Waals surface area contributed by atoms with Crippen molar-refractivity contribution in [3.63, 3.8) is 0 Å². The Labute approximate surface area is 130 Å². The van der Waals surface area contributed by atoms with Gasteiger partial charge in [-0.15, -0.1) is 11.8 Å². The highest BCUT2D eigenvalue weighted by Crippen LogP contribution is 2.37. The van der Waals surface area contributed by atoms with Gasteiger partial charge < -0.3 is 15.8 Å². The van der Waals surface area contributed by atoms with E-state index in [9.17, 15) is 0 Å². The van der Waals surface area contributed by atoms with Gasteiger partial charge in [0.25, 0.3) is 0 Å². The largest absolute Gasteiger partial charge is 0.383 e. The first-order valence-corrected chi connectivity index (χ1v) is 8.48. The Morgan fingerprint density at radius 3 is 3.15 bits per heavy atom. The number of halogens is 1. The van der Waals surface area contributed by atoms with Crippen LogP contribution in [-0.4, -0.2) is 32.1 Å². The Morgan fingerprint density at radius 1 is 1.55 bits per heavy atom. The quantitative estimate of drug-likeness (QED) is 0.811. The zero-order chi connectivity index (χ0) is 14.4. The number of ether oxygens (including phenoxy) is 1. The van der Waals surface area contributed by atoms with Crippen LogP contribution in [0.25, 0.3) is 0 Å². The first kappa shape index (κ1) is 16.1. The average molecular weight is 315 g/mol. The lowest BCUT2D eigenvalue weighted by Gasteiger charge is -2.30. The number of hydrogen-bond acceptors (Lipinski definition) is 4. The third-order valence-electron chi connectivity index (χ3n) is 3.57. The molecule has 3 N–H and O–H groups in total. The summed E-state index contributed by atoms with van der Waals surface area (Å²) in [6, 6.07) is 6.90. The van der Waals surface area contributed by atoms with Gasteiger partial charge in [-0.1, -0.05) is 11.6 Å². The molecule has 0 radical (unpaired) electrons. The van der Waals surface area contributed by atoms with Gasteiger partial charge in [-0.3, -0.25) is 0 Å². The van der Waals surface area contributed by atoms with E-state index in [0.29, 0.717) is 12.1 Å². The maximum absolute atomic E-state index is 6.15. The van der Waals surface area contributed by atoms with E-state index in [0.717, 1.165) is 43.2 Å². The number of methoxy groups -OCH3 is 1. The number of fused-ring (bicyclic) bond motifs is 1. The molecule has 1 aliphatic rings. The van der Waals surface area contributed by atoms with Crippen LogP contribution in [0.2, 0.25) is 5.02 Å². The van der Waals surface area contributed by atoms with E-state index in [-0.39, 0.29) is 0 Å². The first-order valence-electron chi connectivity index (χ1n) is 7.12. The smallest absolute Gasteiger partial charge is 0.0616 e. The summed E-state index contributed by atoms with van der Waals surface area (Å²) < 4.78 is 5.32. The molecule has 0 spiro atoms. The highest BCUT2D eigenvalue weighted by atomic mass is 35.5. The Balaban J connectivity index is 2.07. The van der Waals surface area contributed by atoms with Crippen molar-refractivity contribution in [2.45, 2.75) is 36.2 Å². The van der Waals surface area contributed by atoms with E-state index in [1.54, 1.807) is 7.11 Å². The van der Waals surface area contributed by atoms with Crippen LogP contribution in [0.1, 0.15) is 30.9 Å². The first-order chi connectivity index (χ1) is 9.74. The molecule has 0 saturated heterocycles. The van der Waals surface area contributed by atoms with Gasteiger partial charge in [0.05, 0.1) is 6.61 Å². The lowest BCUT2D eigenvalue weighted by Crippen LogP contribution is -2.38. The van der Waals surface area contributed by atoms with Crippen molar-refractivity contribution < 1.29 is 4.74 Å². The van der Waals surface area contributed by atoms with E-state index in [1.165, 1.54) is 10.5 Å². The topological polar surface area (TPSA) is 47.3 Å². The summed E-state index contributed by atoms with van der Waals surface area (Å²) in [6.07, 6.45) is 3.19. The Hall–Kier alpha value is -0.260. The summed E-state index contributed by atoms with van der Waals surface area (Å²) in [7, 11) is 1.75. The van der Waals surface area contributed by atoms with Crippen molar-refractivity contribution in [2.24, 2.45) is 5.73 Å². The van der Waals surface area contributed by atoms with Crippen molar-refractivity contribution in [3.05, 3.63) is 28.8 Å². The van der Waals surface area contributed by atoms with Crippen molar-refractivity contribution in [1.82, 2.24) is 5.32 Å². The van der Waals surface area contributed by atoms with E-state index in [4.69, 9.17) is 22.1 Å². The average Bonchev–Trinajstić information content (AvgIpc) is 2.45. The van der Waals surface area contributed by atoms with E-state index in [2.05, 4.69) is 17.4 Å². The van der Waals surface area contributed by atoms with Crippen LogP contribution in [-0.2, 0) is 4.74 Å². The Kier molecular flexibility index (Phi) is 6.65. The molecule has 2 rings (SSSR count). The molecule has 5 heteroatoms. The fraction of sp³-hybridized carbons (Fsp3) is 0.600. The van der Waals surface area contributed by atoms with Crippen LogP contribution in [0.3, 0.4) is 0 Å². The van der Waals surface area contributed by atoms with Crippen LogP contribution in [0.5, 0.6) is 0 Å². The van der Waals surface area contributed by atoms with Crippen LogP contribution in [0.4, 0.5) is 0 Å². The molecular weight excluding hydrogens is 292 g/mol. The van der Waals surface area contributed by atoms with E-state index < -0.39 is 0 Å². The monoisotopic (exact) mass is 314 g/mol. The summed E-state index contributed by atoms with van der Waals surface area (Å²) in [5, 5.41) is 4.53. The van der Waals surface area contributed by atoms with Crippen LogP contribution in [0, 0.1) is 0 Å². The predicted octanol–water partition coefficient (Wildman–Crippen LogP) is 3.22. The fourth-order valence-electron chi connectivity index (χ4n) is 2.60. The molecule has 1 aliphatic heterocycles. The number of benzene rings is 1. The lowest BCUT2D eigenvalue weighted by molar-refractivity contribution is 0.154. The second-order valence-electron chi connectivity index (χ2n) is 5.12. The molecule has 0 aliphatic carbocycles. The zero-order valence-electron chi connectivity index (χ0n) is 11.9. The zero-order valence-corrected chi connectivity index (χ0v) is 13.5. The van der Waals surface area contributed by atoms with Gasteiger partial charge in [0.1, 0.15) is 0 Å².